The molecule has 1 amide bonds. The van der Waals surface area contributed by atoms with Gasteiger partial charge in [0.2, 0.25) is 0 Å². The molecule has 0 aliphatic rings. The first-order chi connectivity index (χ1) is 9.49. The number of likely N-dealkylation sites (N-methyl/N-ethyl adjacent to an activating group) is 1. The van der Waals surface area contributed by atoms with Crippen molar-refractivity contribution < 1.29 is 19.0 Å². The Morgan fingerprint density at radius 3 is 2.10 bits per heavy atom. The number of nitrogens with two attached hydrogens (primary N) is 1. The van der Waals surface area contributed by atoms with Crippen LogP contribution in [0.3, 0.4) is 0 Å². The van der Waals surface area contributed by atoms with Crippen LogP contribution in [-0.4, -0.2) is 51.8 Å². The molecule has 0 aromatic heterocycles. The minimum atomic E-state index is -0.180. The van der Waals surface area contributed by atoms with Crippen LogP contribution in [-0.2, 0) is 0 Å². The Balaban J connectivity index is 3.25. The zero-order chi connectivity index (χ0) is 15.3. The molecule has 1 atom stereocenters. The average Bonchev–Trinajstić information content (AvgIpc) is 2.50. The van der Waals surface area contributed by atoms with Gasteiger partial charge >= 0.3 is 0 Å². The molecule has 0 radical (unpaired) electrons. The lowest BCUT2D eigenvalue weighted by Crippen LogP contribution is -2.39. The molecule has 0 heterocycles. The zero-order valence-corrected chi connectivity index (χ0v) is 12.6. The van der Waals surface area contributed by atoms with Crippen molar-refractivity contribution in [2.24, 2.45) is 5.73 Å². The van der Waals surface area contributed by atoms with Crippen LogP contribution < -0.4 is 19.9 Å². The molecule has 112 valence electrons. The van der Waals surface area contributed by atoms with Gasteiger partial charge in [0.15, 0.2) is 11.5 Å². The van der Waals surface area contributed by atoms with E-state index in [1.807, 2.05) is 6.92 Å². The standard InChI is InChI=1S/C14H22N2O4/c1-9(8-15)16(2)14(17)10-6-12(19-4)13(20-5)7-11(10)18-3/h6-7,9H,8,15H2,1-5H3. The van der Waals surface area contributed by atoms with E-state index in [2.05, 4.69) is 0 Å². The molecule has 1 aromatic carbocycles. The Kier molecular flexibility index (Phi) is 5.64. The second-order valence-electron chi connectivity index (χ2n) is 4.41. The number of ether oxygens (including phenoxy) is 3. The number of methoxy groups -OCH3 is 3. The van der Waals surface area contributed by atoms with Crippen molar-refractivity contribution in [3.63, 3.8) is 0 Å². The van der Waals surface area contributed by atoms with Crippen molar-refractivity contribution in [1.29, 1.82) is 0 Å². The van der Waals surface area contributed by atoms with Gasteiger partial charge in [0.05, 0.1) is 26.9 Å². The fourth-order valence-electron chi connectivity index (χ4n) is 1.74. The summed E-state index contributed by atoms with van der Waals surface area (Å²) in [6, 6.07) is 3.17. The Labute approximate surface area is 119 Å². The van der Waals surface area contributed by atoms with Gasteiger partial charge in [0, 0.05) is 31.8 Å². The highest BCUT2D eigenvalue weighted by atomic mass is 16.5. The summed E-state index contributed by atoms with van der Waals surface area (Å²) < 4.78 is 15.7. The van der Waals surface area contributed by atoms with Crippen molar-refractivity contribution in [3.8, 4) is 17.2 Å². The van der Waals surface area contributed by atoms with Gasteiger partial charge in [0.1, 0.15) is 5.75 Å². The van der Waals surface area contributed by atoms with E-state index in [0.29, 0.717) is 29.4 Å². The van der Waals surface area contributed by atoms with Gasteiger partial charge in [-0.05, 0) is 6.92 Å². The smallest absolute Gasteiger partial charge is 0.257 e. The van der Waals surface area contributed by atoms with E-state index >= 15 is 0 Å². The van der Waals surface area contributed by atoms with Gasteiger partial charge < -0.3 is 24.8 Å². The molecule has 1 aromatic rings. The highest BCUT2D eigenvalue weighted by Crippen LogP contribution is 2.35. The molecule has 1 unspecified atom stereocenters. The van der Waals surface area contributed by atoms with Gasteiger partial charge in [-0.3, -0.25) is 4.79 Å². The molecular weight excluding hydrogens is 260 g/mol. The van der Waals surface area contributed by atoms with Crippen LogP contribution in [0.1, 0.15) is 17.3 Å². The predicted octanol–water partition coefficient (Wildman–Crippen LogP) is 1.13. The second kappa shape index (κ2) is 7.00. The summed E-state index contributed by atoms with van der Waals surface area (Å²) >= 11 is 0. The van der Waals surface area contributed by atoms with Gasteiger partial charge in [-0.1, -0.05) is 0 Å². The van der Waals surface area contributed by atoms with E-state index in [9.17, 15) is 4.79 Å². The number of carbonyl (C=O) groups excluding carboxylic acids is 1. The van der Waals surface area contributed by atoms with E-state index in [-0.39, 0.29) is 11.9 Å². The van der Waals surface area contributed by atoms with E-state index in [1.54, 1.807) is 24.1 Å². The van der Waals surface area contributed by atoms with Crippen molar-refractivity contribution >= 4 is 5.91 Å². The van der Waals surface area contributed by atoms with Gasteiger partial charge in [0.25, 0.3) is 5.91 Å². The Morgan fingerprint density at radius 2 is 1.65 bits per heavy atom. The van der Waals surface area contributed by atoms with Gasteiger partial charge in [-0.2, -0.15) is 0 Å². The molecule has 0 aliphatic carbocycles. The monoisotopic (exact) mass is 282 g/mol. The highest BCUT2D eigenvalue weighted by molar-refractivity contribution is 5.97. The molecule has 0 bridgehead atoms. The lowest BCUT2D eigenvalue weighted by atomic mass is 10.1. The summed E-state index contributed by atoms with van der Waals surface area (Å²) in [5.74, 6) is 1.24. The third-order valence-corrected chi connectivity index (χ3v) is 3.26. The molecular formula is C14H22N2O4. The van der Waals surface area contributed by atoms with Crippen LogP contribution in [0.4, 0.5) is 0 Å². The largest absolute Gasteiger partial charge is 0.496 e. The Morgan fingerprint density at radius 1 is 1.15 bits per heavy atom. The average molecular weight is 282 g/mol. The zero-order valence-electron chi connectivity index (χ0n) is 12.6. The van der Waals surface area contributed by atoms with Crippen molar-refractivity contribution in [1.82, 2.24) is 4.90 Å². The number of hydrogen-bond acceptors (Lipinski definition) is 5. The third kappa shape index (κ3) is 3.14. The fraction of sp³-hybridized carbons (Fsp3) is 0.500. The Hall–Kier alpha value is -1.95. The van der Waals surface area contributed by atoms with E-state index in [1.165, 1.54) is 21.3 Å². The predicted molar refractivity (Wildman–Crippen MR) is 76.7 cm³/mol. The van der Waals surface area contributed by atoms with Gasteiger partial charge in [-0.15, -0.1) is 0 Å². The number of nitrogens with zero attached hydrogens (tertiary/aromatic N) is 1. The third-order valence-electron chi connectivity index (χ3n) is 3.26. The topological polar surface area (TPSA) is 74.0 Å². The van der Waals surface area contributed by atoms with E-state index < -0.39 is 0 Å². The number of amides is 1. The summed E-state index contributed by atoms with van der Waals surface area (Å²) in [5, 5.41) is 0. The fourth-order valence-corrected chi connectivity index (χ4v) is 1.74. The lowest BCUT2D eigenvalue weighted by Gasteiger charge is -2.25. The normalized spacial score (nSPS) is 11.7. The maximum absolute atomic E-state index is 12.5. The van der Waals surface area contributed by atoms with E-state index in [4.69, 9.17) is 19.9 Å². The summed E-state index contributed by atoms with van der Waals surface area (Å²) in [7, 11) is 6.26. The van der Waals surface area contributed by atoms with Crippen LogP contribution in [0.15, 0.2) is 12.1 Å². The first-order valence-electron chi connectivity index (χ1n) is 6.27. The Bertz CT molecular complexity index is 476. The van der Waals surface area contributed by atoms with Crippen LogP contribution in [0.5, 0.6) is 17.2 Å². The molecule has 1 rings (SSSR count). The highest BCUT2D eigenvalue weighted by Gasteiger charge is 2.22. The minimum Gasteiger partial charge on any atom is -0.496 e. The summed E-state index contributed by atoms with van der Waals surface area (Å²) in [4.78, 5) is 14.1. The molecule has 0 fully saturated rings. The van der Waals surface area contributed by atoms with Crippen LogP contribution in [0, 0.1) is 0 Å². The molecule has 6 heteroatoms. The molecule has 0 saturated carbocycles. The lowest BCUT2D eigenvalue weighted by molar-refractivity contribution is 0.0744. The van der Waals surface area contributed by atoms with Gasteiger partial charge in [-0.25, -0.2) is 0 Å². The SMILES string of the molecule is COc1cc(OC)c(C(=O)N(C)C(C)CN)cc1OC. The first-order valence-corrected chi connectivity index (χ1v) is 6.27. The molecule has 0 aliphatic heterocycles. The number of carbonyl (C=O) groups is 1. The number of hydrogen-bond donors (Lipinski definition) is 1. The van der Waals surface area contributed by atoms with Crippen LogP contribution in [0.2, 0.25) is 0 Å². The minimum absolute atomic E-state index is 0.0692. The second-order valence-corrected chi connectivity index (χ2v) is 4.41. The summed E-state index contributed by atoms with van der Waals surface area (Å²) in [6.07, 6.45) is 0. The van der Waals surface area contributed by atoms with E-state index in [0.717, 1.165) is 0 Å². The van der Waals surface area contributed by atoms with Crippen molar-refractivity contribution in [2.45, 2.75) is 13.0 Å². The van der Waals surface area contributed by atoms with Crippen LogP contribution in [0.25, 0.3) is 0 Å². The quantitative estimate of drug-likeness (QED) is 0.846. The molecule has 0 saturated heterocycles. The summed E-state index contributed by atoms with van der Waals surface area (Å²) in [5.41, 5.74) is 6.00. The first kappa shape index (κ1) is 16.1. The maximum Gasteiger partial charge on any atom is 0.257 e. The number of rotatable bonds is 6. The maximum atomic E-state index is 12.5. The van der Waals surface area contributed by atoms with Crippen molar-refractivity contribution in [2.75, 3.05) is 34.9 Å². The summed E-state index contributed by atoms with van der Waals surface area (Å²) in [6.45, 7) is 2.27. The molecule has 2 N–H and O–H groups in total. The molecule has 6 nitrogen and oxygen atoms in total. The van der Waals surface area contributed by atoms with Crippen molar-refractivity contribution in [3.05, 3.63) is 17.7 Å². The molecule has 20 heavy (non-hydrogen) atoms. The molecule has 0 spiro atoms. The van der Waals surface area contributed by atoms with Crippen LogP contribution >= 0.6 is 0 Å². The number of benzene rings is 1.